The predicted octanol–water partition coefficient (Wildman–Crippen LogP) is 2.42. The Kier molecular flexibility index (Phi) is 5.78. The van der Waals surface area contributed by atoms with E-state index in [4.69, 9.17) is 11.6 Å². The topological polar surface area (TPSA) is 83.4 Å². The molecule has 28 heavy (non-hydrogen) atoms. The molecule has 1 aliphatic heterocycles. The molecular weight excluding hydrogens is 394 g/mol. The molecule has 1 aliphatic rings. The van der Waals surface area contributed by atoms with E-state index < -0.39 is 24.1 Å². The first-order valence-electron chi connectivity index (χ1n) is 8.53. The molecule has 3 amide bonds. The number of alkyl halides is 1. The lowest BCUT2D eigenvalue weighted by Crippen LogP contribution is -2.41. The summed E-state index contributed by atoms with van der Waals surface area (Å²) >= 11 is 5.72. The van der Waals surface area contributed by atoms with E-state index >= 15 is 0 Å². The van der Waals surface area contributed by atoms with Crippen LogP contribution in [0.3, 0.4) is 0 Å². The Morgan fingerprint density at radius 2 is 2.14 bits per heavy atom. The van der Waals surface area contributed by atoms with Gasteiger partial charge in [0, 0.05) is 26.2 Å². The van der Waals surface area contributed by atoms with Gasteiger partial charge >= 0.3 is 6.03 Å². The van der Waals surface area contributed by atoms with Gasteiger partial charge in [-0.25, -0.2) is 18.3 Å². The monoisotopic (exact) mass is 412 g/mol. The van der Waals surface area contributed by atoms with E-state index in [1.165, 1.54) is 32.8 Å². The van der Waals surface area contributed by atoms with E-state index in [0.29, 0.717) is 5.69 Å². The van der Waals surface area contributed by atoms with Gasteiger partial charge in [-0.05, 0) is 18.2 Å². The quantitative estimate of drug-likeness (QED) is 0.836. The zero-order valence-electron chi connectivity index (χ0n) is 15.3. The van der Waals surface area contributed by atoms with Gasteiger partial charge in [0.05, 0.1) is 30.4 Å². The van der Waals surface area contributed by atoms with Gasteiger partial charge in [-0.15, -0.1) is 5.10 Å². The summed E-state index contributed by atoms with van der Waals surface area (Å²) in [5.74, 6) is -0.902. The lowest BCUT2D eigenvalue weighted by molar-refractivity contribution is 0.0821. The molecule has 2 atom stereocenters. The average Bonchev–Trinajstić information content (AvgIpc) is 3.24. The van der Waals surface area contributed by atoms with Crippen LogP contribution in [0.15, 0.2) is 24.4 Å². The van der Waals surface area contributed by atoms with Crippen molar-refractivity contribution >= 4 is 29.2 Å². The molecule has 2 aromatic rings. The van der Waals surface area contributed by atoms with E-state index in [1.54, 1.807) is 14.1 Å². The van der Waals surface area contributed by atoms with Gasteiger partial charge in [0.1, 0.15) is 12.0 Å². The number of urea groups is 1. The molecule has 1 saturated heterocycles. The van der Waals surface area contributed by atoms with Gasteiger partial charge in [0.2, 0.25) is 0 Å². The first kappa shape index (κ1) is 20.0. The number of hydrogen-bond acceptors (Lipinski definition) is 4. The van der Waals surface area contributed by atoms with Crippen LogP contribution < -0.4 is 5.32 Å². The lowest BCUT2D eigenvalue weighted by atomic mass is 10.2. The van der Waals surface area contributed by atoms with Crippen LogP contribution in [-0.2, 0) is 6.54 Å². The molecule has 2 unspecified atom stereocenters. The highest BCUT2D eigenvalue weighted by molar-refractivity contribution is 6.31. The molecule has 0 bridgehead atoms. The fourth-order valence-electron chi connectivity index (χ4n) is 2.98. The fourth-order valence-corrected chi connectivity index (χ4v) is 3.16. The van der Waals surface area contributed by atoms with Crippen molar-refractivity contribution in [2.75, 3.05) is 26.0 Å². The summed E-state index contributed by atoms with van der Waals surface area (Å²) in [6, 6.07) is 2.78. The third-order valence-electron chi connectivity index (χ3n) is 4.36. The summed E-state index contributed by atoms with van der Waals surface area (Å²) in [5.41, 5.74) is 0.467. The molecule has 0 spiro atoms. The summed E-state index contributed by atoms with van der Waals surface area (Å²) in [4.78, 5) is 27.2. The second-order valence-electron chi connectivity index (χ2n) is 6.72. The predicted molar refractivity (Wildman–Crippen MR) is 98.5 cm³/mol. The van der Waals surface area contributed by atoms with Crippen molar-refractivity contribution in [3.8, 4) is 0 Å². The smallest absolute Gasteiger partial charge is 0.322 e. The summed E-state index contributed by atoms with van der Waals surface area (Å²) in [7, 11) is 3.19. The van der Waals surface area contributed by atoms with E-state index in [1.807, 2.05) is 0 Å². The number of aromatic nitrogens is 3. The van der Waals surface area contributed by atoms with Gasteiger partial charge in [0.15, 0.2) is 5.69 Å². The number of carbonyl (C=O) groups excluding carboxylic acids is 2. The average molecular weight is 413 g/mol. The Morgan fingerprint density at radius 3 is 2.82 bits per heavy atom. The second-order valence-corrected chi connectivity index (χ2v) is 7.13. The molecule has 1 N–H and O–H groups in total. The van der Waals surface area contributed by atoms with E-state index in [0.717, 1.165) is 6.07 Å². The highest BCUT2D eigenvalue weighted by atomic mass is 35.5. The number of nitrogens with one attached hydrogen (secondary N) is 1. The first-order valence-corrected chi connectivity index (χ1v) is 8.91. The minimum atomic E-state index is -1.18. The molecular formula is C17H19ClF2N6O2. The minimum absolute atomic E-state index is 0.0798. The lowest BCUT2D eigenvalue weighted by Gasteiger charge is -2.24. The number of carbonyl (C=O) groups is 2. The maximum Gasteiger partial charge on any atom is 0.322 e. The molecule has 8 nitrogen and oxygen atoms in total. The number of hydrogen-bond donors (Lipinski definition) is 1. The van der Waals surface area contributed by atoms with Crippen LogP contribution in [0.5, 0.6) is 0 Å². The van der Waals surface area contributed by atoms with Crippen LogP contribution in [0.1, 0.15) is 16.9 Å². The number of rotatable bonds is 4. The maximum absolute atomic E-state index is 14.0. The van der Waals surface area contributed by atoms with Crippen molar-refractivity contribution in [2.45, 2.75) is 25.2 Å². The highest BCUT2D eigenvalue weighted by Gasteiger charge is 2.36. The molecule has 2 heterocycles. The molecule has 1 aromatic heterocycles. The van der Waals surface area contributed by atoms with E-state index in [-0.39, 0.29) is 36.1 Å². The van der Waals surface area contributed by atoms with Gasteiger partial charge in [0.25, 0.3) is 5.91 Å². The van der Waals surface area contributed by atoms with Crippen molar-refractivity contribution < 1.29 is 18.4 Å². The zero-order chi connectivity index (χ0) is 20.4. The fraction of sp³-hybridized carbons (Fsp3) is 0.412. The Bertz CT molecular complexity index is 890. The Labute approximate surface area is 165 Å². The Morgan fingerprint density at radius 1 is 1.39 bits per heavy atom. The van der Waals surface area contributed by atoms with Gasteiger partial charge in [-0.3, -0.25) is 4.79 Å². The first-order chi connectivity index (χ1) is 13.2. The zero-order valence-corrected chi connectivity index (χ0v) is 16.0. The van der Waals surface area contributed by atoms with Crippen molar-refractivity contribution in [2.24, 2.45) is 0 Å². The van der Waals surface area contributed by atoms with Gasteiger partial charge in [-0.2, -0.15) is 0 Å². The number of likely N-dealkylation sites (tertiary alicyclic amines) is 1. The standard InChI is InChI=1S/C17H19ClF2N6O2/c1-24(2)16(27)15-9-25(23-22-15)8-12-5-10(19)7-26(12)17(28)21-11-3-4-14(20)13(18)6-11/h3-4,6,9-10,12H,5,7-8H2,1-2H3,(H,21,28). The second kappa shape index (κ2) is 8.09. The van der Waals surface area contributed by atoms with Crippen molar-refractivity contribution in [3.63, 3.8) is 0 Å². The normalized spacial score (nSPS) is 19.0. The maximum atomic E-state index is 14.0. The number of anilines is 1. The number of halogens is 3. The van der Waals surface area contributed by atoms with Crippen molar-refractivity contribution in [1.29, 1.82) is 0 Å². The summed E-state index contributed by atoms with van der Waals surface area (Å²) in [6.07, 6.45) is 0.414. The van der Waals surface area contributed by atoms with Crippen LogP contribution in [0.25, 0.3) is 0 Å². The molecule has 3 rings (SSSR count). The summed E-state index contributed by atoms with van der Waals surface area (Å²) < 4.78 is 28.6. The van der Waals surface area contributed by atoms with Crippen LogP contribution in [-0.4, -0.2) is 69.6 Å². The van der Waals surface area contributed by atoms with E-state index in [9.17, 15) is 18.4 Å². The number of benzene rings is 1. The van der Waals surface area contributed by atoms with Crippen molar-refractivity contribution in [3.05, 3.63) is 40.9 Å². The van der Waals surface area contributed by atoms with E-state index in [2.05, 4.69) is 15.6 Å². The molecule has 1 fully saturated rings. The molecule has 1 aromatic carbocycles. The SMILES string of the molecule is CN(C)C(=O)c1cn(CC2CC(F)CN2C(=O)Nc2ccc(F)c(Cl)c2)nn1. The number of nitrogens with zero attached hydrogens (tertiary/aromatic N) is 5. The van der Waals surface area contributed by atoms with Crippen molar-refractivity contribution in [1.82, 2.24) is 24.8 Å². The highest BCUT2D eigenvalue weighted by Crippen LogP contribution is 2.24. The number of amides is 3. The molecule has 0 aliphatic carbocycles. The van der Waals surface area contributed by atoms with Gasteiger partial charge < -0.3 is 15.1 Å². The van der Waals surface area contributed by atoms with Crippen LogP contribution in [0.4, 0.5) is 19.3 Å². The van der Waals surface area contributed by atoms with Crippen LogP contribution >= 0.6 is 11.6 Å². The Hall–Kier alpha value is -2.75. The largest absolute Gasteiger partial charge is 0.343 e. The third-order valence-corrected chi connectivity index (χ3v) is 4.65. The van der Waals surface area contributed by atoms with Crippen LogP contribution in [0.2, 0.25) is 5.02 Å². The van der Waals surface area contributed by atoms with Crippen LogP contribution in [0, 0.1) is 5.82 Å². The summed E-state index contributed by atoms with van der Waals surface area (Å²) in [5, 5.41) is 10.2. The molecule has 150 valence electrons. The van der Waals surface area contributed by atoms with Gasteiger partial charge in [-0.1, -0.05) is 16.8 Å². The summed E-state index contributed by atoms with van der Waals surface area (Å²) in [6.45, 7) is 0.106. The molecule has 11 heteroatoms. The Balaban J connectivity index is 1.69. The molecule has 0 radical (unpaired) electrons. The minimum Gasteiger partial charge on any atom is -0.343 e. The third kappa shape index (κ3) is 4.38. The molecule has 0 saturated carbocycles.